The van der Waals surface area contributed by atoms with Gasteiger partial charge in [-0.2, -0.15) is 0 Å². The van der Waals surface area contributed by atoms with Gasteiger partial charge in [0, 0.05) is 11.6 Å². The summed E-state index contributed by atoms with van der Waals surface area (Å²) in [5.74, 6) is 0. The van der Waals surface area contributed by atoms with E-state index in [4.69, 9.17) is 0 Å². The predicted molar refractivity (Wildman–Crippen MR) is 57.4 cm³/mol. The summed E-state index contributed by atoms with van der Waals surface area (Å²) < 4.78 is 2.57. The Kier molecular flexibility index (Phi) is 3.47. The molecular formula is C10H21NS. The lowest BCUT2D eigenvalue weighted by Crippen LogP contribution is -2.41. The summed E-state index contributed by atoms with van der Waals surface area (Å²) in [5.41, 5.74) is 0.328. The number of hydrogen-bond donors (Lipinski definition) is 0. The molecule has 1 rings (SSSR count). The Morgan fingerprint density at radius 2 is 1.67 bits per heavy atom. The molecule has 1 saturated carbocycles. The smallest absolute Gasteiger partial charge is 0.0232 e. The van der Waals surface area contributed by atoms with E-state index in [0.717, 1.165) is 6.04 Å². The molecule has 1 aliphatic carbocycles. The van der Waals surface area contributed by atoms with Gasteiger partial charge in [-0.05, 0) is 39.9 Å². The van der Waals surface area contributed by atoms with Crippen LogP contribution in [0.3, 0.4) is 0 Å². The van der Waals surface area contributed by atoms with Crippen molar-refractivity contribution in [2.45, 2.75) is 58.0 Å². The number of hydrogen-bond acceptors (Lipinski definition) is 2. The Balaban J connectivity index is 2.54. The maximum atomic E-state index is 2.57. The second-order valence-corrected chi connectivity index (χ2v) is 5.38. The lowest BCUT2D eigenvalue weighted by Gasteiger charge is -2.38. The molecule has 0 aromatic carbocycles. The molecule has 0 spiro atoms. The highest BCUT2D eigenvalue weighted by molar-refractivity contribution is 7.96. The highest BCUT2D eigenvalue weighted by Crippen LogP contribution is 2.33. The molecule has 0 atom stereocenters. The second kappa shape index (κ2) is 4.01. The van der Waals surface area contributed by atoms with Gasteiger partial charge in [-0.1, -0.05) is 24.8 Å². The summed E-state index contributed by atoms with van der Waals surface area (Å²) in [6, 6.07) is 0.833. The van der Waals surface area contributed by atoms with E-state index in [0.29, 0.717) is 5.54 Å². The van der Waals surface area contributed by atoms with E-state index >= 15 is 0 Å². The highest BCUT2D eigenvalue weighted by Gasteiger charge is 2.30. The Hall–Kier alpha value is 0.310. The Bertz CT molecular complexity index is 133. The van der Waals surface area contributed by atoms with E-state index in [2.05, 4.69) is 31.3 Å². The van der Waals surface area contributed by atoms with Crippen molar-refractivity contribution in [3.63, 3.8) is 0 Å². The molecule has 0 aromatic heterocycles. The SMILES string of the molecule is CSN(C1CCCC1)C(C)(C)C. The summed E-state index contributed by atoms with van der Waals surface area (Å²) >= 11 is 1.91. The van der Waals surface area contributed by atoms with Gasteiger partial charge in [0.25, 0.3) is 0 Å². The minimum absolute atomic E-state index is 0.328. The fourth-order valence-electron chi connectivity index (χ4n) is 2.11. The van der Waals surface area contributed by atoms with E-state index in [1.807, 2.05) is 11.9 Å². The third-order valence-electron chi connectivity index (χ3n) is 2.51. The van der Waals surface area contributed by atoms with Crippen molar-refractivity contribution in [2.24, 2.45) is 0 Å². The molecule has 0 saturated heterocycles. The molecule has 0 aromatic rings. The number of rotatable bonds is 2. The molecule has 12 heavy (non-hydrogen) atoms. The lowest BCUT2D eigenvalue weighted by atomic mass is 10.1. The van der Waals surface area contributed by atoms with Crippen LogP contribution in [0.1, 0.15) is 46.5 Å². The van der Waals surface area contributed by atoms with Crippen LogP contribution in [0, 0.1) is 0 Å². The zero-order valence-corrected chi connectivity index (χ0v) is 9.58. The minimum Gasteiger partial charge on any atom is -0.242 e. The molecule has 0 N–H and O–H groups in total. The van der Waals surface area contributed by atoms with Gasteiger partial charge in [0.15, 0.2) is 0 Å². The van der Waals surface area contributed by atoms with E-state index in [-0.39, 0.29) is 0 Å². The first-order valence-corrected chi connectivity index (χ1v) is 6.07. The zero-order valence-electron chi connectivity index (χ0n) is 8.76. The maximum Gasteiger partial charge on any atom is 0.0232 e. The van der Waals surface area contributed by atoms with Crippen molar-refractivity contribution in [1.82, 2.24) is 4.31 Å². The largest absolute Gasteiger partial charge is 0.242 e. The van der Waals surface area contributed by atoms with Gasteiger partial charge < -0.3 is 0 Å². The molecule has 0 heterocycles. The summed E-state index contributed by atoms with van der Waals surface area (Å²) in [6.45, 7) is 6.92. The highest BCUT2D eigenvalue weighted by atomic mass is 32.2. The van der Waals surface area contributed by atoms with Crippen LogP contribution in [0.5, 0.6) is 0 Å². The van der Waals surface area contributed by atoms with Crippen LogP contribution in [0.15, 0.2) is 0 Å². The van der Waals surface area contributed by atoms with Crippen LogP contribution in [0.25, 0.3) is 0 Å². The first-order chi connectivity index (χ1) is 5.55. The Labute approximate surface area is 81.0 Å². The third kappa shape index (κ3) is 2.40. The van der Waals surface area contributed by atoms with Crippen molar-refractivity contribution >= 4 is 11.9 Å². The van der Waals surface area contributed by atoms with Crippen molar-refractivity contribution in [2.75, 3.05) is 6.26 Å². The van der Waals surface area contributed by atoms with Crippen LogP contribution in [-0.2, 0) is 0 Å². The minimum atomic E-state index is 0.328. The molecule has 1 fully saturated rings. The van der Waals surface area contributed by atoms with Crippen LogP contribution < -0.4 is 0 Å². The quantitative estimate of drug-likeness (QED) is 0.610. The van der Waals surface area contributed by atoms with Crippen molar-refractivity contribution in [1.29, 1.82) is 0 Å². The van der Waals surface area contributed by atoms with Crippen molar-refractivity contribution in [3.05, 3.63) is 0 Å². The Morgan fingerprint density at radius 1 is 1.17 bits per heavy atom. The molecule has 0 radical (unpaired) electrons. The van der Waals surface area contributed by atoms with E-state index in [1.165, 1.54) is 25.7 Å². The van der Waals surface area contributed by atoms with Gasteiger partial charge in [-0.25, -0.2) is 4.31 Å². The van der Waals surface area contributed by atoms with E-state index in [1.54, 1.807) is 0 Å². The monoisotopic (exact) mass is 187 g/mol. The molecule has 72 valence electrons. The van der Waals surface area contributed by atoms with Crippen LogP contribution in [-0.4, -0.2) is 22.1 Å². The summed E-state index contributed by atoms with van der Waals surface area (Å²) in [6.07, 6.45) is 7.86. The fraction of sp³-hybridized carbons (Fsp3) is 1.00. The van der Waals surface area contributed by atoms with Crippen molar-refractivity contribution in [3.8, 4) is 0 Å². The van der Waals surface area contributed by atoms with Gasteiger partial charge in [-0.3, -0.25) is 0 Å². The topological polar surface area (TPSA) is 3.24 Å². The first kappa shape index (κ1) is 10.4. The molecule has 1 nitrogen and oxygen atoms in total. The normalized spacial score (nSPS) is 20.8. The van der Waals surface area contributed by atoms with E-state index in [9.17, 15) is 0 Å². The molecule has 1 aliphatic rings. The lowest BCUT2D eigenvalue weighted by molar-refractivity contribution is 0.212. The second-order valence-electron chi connectivity index (χ2n) is 4.62. The molecule has 0 amide bonds. The van der Waals surface area contributed by atoms with Crippen LogP contribution in [0.2, 0.25) is 0 Å². The molecule has 0 aliphatic heterocycles. The van der Waals surface area contributed by atoms with Gasteiger partial charge in [-0.15, -0.1) is 0 Å². The van der Waals surface area contributed by atoms with Gasteiger partial charge >= 0.3 is 0 Å². The predicted octanol–water partition coefficient (Wildman–Crippen LogP) is 3.31. The fourth-order valence-corrected chi connectivity index (χ4v) is 3.17. The Morgan fingerprint density at radius 3 is 2.00 bits per heavy atom. The standard InChI is InChI=1S/C10H21NS/c1-10(2,3)11(12-4)9-7-5-6-8-9/h9H,5-8H2,1-4H3. The first-order valence-electron chi connectivity index (χ1n) is 4.89. The third-order valence-corrected chi connectivity index (χ3v) is 3.75. The van der Waals surface area contributed by atoms with Gasteiger partial charge in [0.05, 0.1) is 0 Å². The van der Waals surface area contributed by atoms with Crippen LogP contribution in [0.4, 0.5) is 0 Å². The number of nitrogens with zero attached hydrogens (tertiary/aromatic N) is 1. The molecule has 0 unspecified atom stereocenters. The average molecular weight is 187 g/mol. The molecule has 0 bridgehead atoms. The van der Waals surface area contributed by atoms with Crippen molar-refractivity contribution < 1.29 is 0 Å². The summed E-state index contributed by atoms with van der Waals surface area (Å²) in [7, 11) is 0. The zero-order chi connectivity index (χ0) is 9.19. The van der Waals surface area contributed by atoms with E-state index < -0.39 is 0 Å². The molecular weight excluding hydrogens is 166 g/mol. The molecule has 2 heteroatoms. The summed E-state index contributed by atoms with van der Waals surface area (Å²) in [5, 5.41) is 0. The van der Waals surface area contributed by atoms with Gasteiger partial charge in [0.1, 0.15) is 0 Å². The van der Waals surface area contributed by atoms with Gasteiger partial charge in [0.2, 0.25) is 0 Å². The summed E-state index contributed by atoms with van der Waals surface area (Å²) in [4.78, 5) is 0. The maximum absolute atomic E-state index is 2.57. The van der Waals surface area contributed by atoms with Crippen LogP contribution >= 0.6 is 11.9 Å². The average Bonchev–Trinajstić information content (AvgIpc) is 2.38.